The first-order valence-corrected chi connectivity index (χ1v) is 6.52. The third-order valence-corrected chi connectivity index (χ3v) is 3.71. The second kappa shape index (κ2) is 4.07. The molecule has 0 unspecified atom stereocenters. The number of hydrogen-bond donors (Lipinski definition) is 0. The maximum Gasteiger partial charge on any atom is 0.230 e. The molecule has 1 aromatic rings. The van der Waals surface area contributed by atoms with Crippen LogP contribution in [0.3, 0.4) is 0 Å². The molecule has 1 saturated heterocycles. The van der Waals surface area contributed by atoms with E-state index in [9.17, 15) is 0 Å². The van der Waals surface area contributed by atoms with E-state index in [-0.39, 0.29) is 0 Å². The summed E-state index contributed by atoms with van der Waals surface area (Å²) in [6.07, 6.45) is 9.41. The molecule has 3 rings (SSSR count). The molecule has 3 heteroatoms. The summed E-state index contributed by atoms with van der Waals surface area (Å²) in [4.78, 5) is 1.22. The number of allylic oxidation sites excluding steroid dienone is 1. The lowest BCUT2D eigenvalue weighted by Crippen LogP contribution is -2.34. The molecule has 1 aromatic heterocycles. The summed E-state index contributed by atoms with van der Waals surface area (Å²) < 4.78 is 11.6. The molecule has 0 radical (unpaired) electrons. The van der Waals surface area contributed by atoms with Gasteiger partial charge in [0.15, 0.2) is 0 Å². The summed E-state index contributed by atoms with van der Waals surface area (Å²) in [7, 11) is 0. The summed E-state index contributed by atoms with van der Waals surface area (Å²) in [5.41, 5.74) is 0. The van der Waals surface area contributed by atoms with Gasteiger partial charge < -0.3 is 9.47 Å². The molecule has 3 heterocycles. The Hall–Kier alpha value is -1.06. The number of hydrogen-bond acceptors (Lipinski definition) is 3. The topological polar surface area (TPSA) is 18.5 Å². The number of rotatable bonds is 1. The minimum atomic E-state index is -0.457. The zero-order chi connectivity index (χ0) is 10.8. The van der Waals surface area contributed by atoms with Crippen molar-refractivity contribution in [3.05, 3.63) is 40.3 Å². The van der Waals surface area contributed by atoms with E-state index in [0.29, 0.717) is 0 Å². The standard InChI is InChI=1S/C13H14O2S/c1-2-8-14-13(6-1)7-5-11(15-13)10-12-4-3-9-16-12/h3-5,7,9-10H,1-2,6,8H2/b11-10-/t13-/m1/s1. The van der Waals surface area contributed by atoms with Gasteiger partial charge in [-0.15, -0.1) is 11.3 Å². The van der Waals surface area contributed by atoms with Gasteiger partial charge in [0.2, 0.25) is 5.79 Å². The fraction of sp³-hybridized carbons (Fsp3) is 0.385. The van der Waals surface area contributed by atoms with Gasteiger partial charge in [-0.05, 0) is 42.5 Å². The summed E-state index contributed by atoms with van der Waals surface area (Å²) in [6.45, 7) is 0.802. The highest BCUT2D eigenvalue weighted by atomic mass is 32.1. The van der Waals surface area contributed by atoms with E-state index >= 15 is 0 Å². The predicted molar refractivity (Wildman–Crippen MR) is 65.1 cm³/mol. The Bertz CT molecular complexity index is 411. The van der Waals surface area contributed by atoms with Gasteiger partial charge in [0.25, 0.3) is 0 Å². The highest BCUT2D eigenvalue weighted by Gasteiger charge is 2.36. The molecule has 2 aliphatic heterocycles. The van der Waals surface area contributed by atoms with Crippen molar-refractivity contribution >= 4 is 17.4 Å². The Kier molecular flexibility index (Phi) is 2.58. The molecule has 0 bridgehead atoms. The van der Waals surface area contributed by atoms with Crippen LogP contribution in [-0.2, 0) is 9.47 Å². The van der Waals surface area contributed by atoms with Crippen LogP contribution in [0.15, 0.2) is 35.4 Å². The Morgan fingerprint density at radius 1 is 1.38 bits per heavy atom. The zero-order valence-corrected chi connectivity index (χ0v) is 9.83. The van der Waals surface area contributed by atoms with Crippen molar-refractivity contribution in [3.63, 3.8) is 0 Å². The van der Waals surface area contributed by atoms with E-state index in [1.165, 1.54) is 11.3 Å². The lowest BCUT2D eigenvalue weighted by atomic mass is 10.1. The molecule has 1 fully saturated rings. The quantitative estimate of drug-likeness (QED) is 0.739. The first-order chi connectivity index (χ1) is 7.86. The van der Waals surface area contributed by atoms with Crippen molar-refractivity contribution in [2.24, 2.45) is 0 Å². The summed E-state index contributed by atoms with van der Waals surface area (Å²) in [5, 5.41) is 2.07. The second-order valence-electron chi connectivity index (χ2n) is 4.11. The van der Waals surface area contributed by atoms with E-state index in [1.54, 1.807) is 11.3 Å². The van der Waals surface area contributed by atoms with E-state index in [2.05, 4.69) is 17.5 Å². The molecule has 1 spiro atoms. The molecule has 84 valence electrons. The molecule has 0 amide bonds. The molecule has 2 nitrogen and oxygen atoms in total. The van der Waals surface area contributed by atoms with Gasteiger partial charge in [0, 0.05) is 11.3 Å². The Balaban J connectivity index is 1.76. The Morgan fingerprint density at radius 3 is 3.12 bits per heavy atom. The molecular weight excluding hydrogens is 220 g/mol. The molecule has 0 saturated carbocycles. The Morgan fingerprint density at radius 2 is 2.38 bits per heavy atom. The fourth-order valence-corrected chi connectivity index (χ4v) is 2.73. The average Bonchev–Trinajstić information content (AvgIpc) is 2.92. The minimum absolute atomic E-state index is 0.457. The summed E-state index contributed by atoms with van der Waals surface area (Å²) in [6, 6.07) is 4.13. The van der Waals surface area contributed by atoms with Crippen LogP contribution < -0.4 is 0 Å². The fourth-order valence-electron chi connectivity index (χ4n) is 2.07. The predicted octanol–water partition coefficient (Wildman–Crippen LogP) is 3.57. The third kappa shape index (κ3) is 1.93. The van der Waals surface area contributed by atoms with Gasteiger partial charge in [0.1, 0.15) is 5.76 Å². The number of ether oxygens (including phenoxy) is 2. The zero-order valence-electron chi connectivity index (χ0n) is 9.02. The van der Waals surface area contributed by atoms with Crippen molar-refractivity contribution in [2.45, 2.75) is 25.0 Å². The molecule has 1 atom stereocenters. The van der Waals surface area contributed by atoms with Crippen LogP contribution in [0, 0.1) is 0 Å². The Labute approximate surface area is 99.2 Å². The van der Waals surface area contributed by atoms with Gasteiger partial charge in [-0.25, -0.2) is 0 Å². The van der Waals surface area contributed by atoms with Crippen molar-refractivity contribution in [1.29, 1.82) is 0 Å². The van der Waals surface area contributed by atoms with Crippen molar-refractivity contribution in [2.75, 3.05) is 6.61 Å². The van der Waals surface area contributed by atoms with Gasteiger partial charge in [-0.1, -0.05) is 6.07 Å². The average molecular weight is 234 g/mol. The SMILES string of the molecule is C1=C[C@@]2(CCCCO2)O/C1=C\c1cccs1. The molecule has 0 aromatic carbocycles. The van der Waals surface area contributed by atoms with E-state index in [4.69, 9.17) is 9.47 Å². The van der Waals surface area contributed by atoms with Gasteiger partial charge in [-0.2, -0.15) is 0 Å². The van der Waals surface area contributed by atoms with Crippen LogP contribution in [0.4, 0.5) is 0 Å². The highest BCUT2D eigenvalue weighted by molar-refractivity contribution is 7.10. The normalized spacial score (nSPS) is 31.1. The maximum atomic E-state index is 5.90. The van der Waals surface area contributed by atoms with Gasteiger partial charge in [0.05, 0.1) is 6.61 Å². The van der Waals surface area contributed by atoms with Crippen LogP contribution in [0.1, 0.15) is 24.1 Å². The van der Waals surface area contributed by atoms with Gasteiger partial charge in [-0.3, -0.25) is 0 Å². The van der Waals surface area contributed by atoms with Gasteiger partial charge >= 0.3 is 0 Å². The first-order valence-electron chi connectivity index (χ1n) is 5.64. The van der Waals surface area contributed by atoms with Crippen molar-refractivity contribution in [3.8, 4) is 0 Å². The van der Waals surface area contributed by atoms with Crippen molar-refractivity contribution < 1.29 is 9.47 Å². The smallest absolute Gasteiger partial charge is 0.230 e. The lowest BCUT2D eigenvalue weighted by molar-refractivity contribution is -0.191. The second-order valence-corrected chi connectivity index (χ2v) is 5.09. The third-order valence-electron chi connectivity index (χ3n) is 2.89. The number of thiophene rings is 1. The molecule has 0 aliphatic carbocycles. The molecule has 0 N–H and O–H groups in total. The van der Waals surface area contributed by atoms with E-state index in [1.807, 2.05) is 18.2 Å². The van der Waals surface area contributed by atoms with Crippen molar-refractivity contribution in [1.82, 2.24) is 0 Å². The summed E-state index contributed by atoms with van der Waals surface area (Å²) >= 11 is 1.71. The largest absolute Gasteiger partial charge is 0.459 e. The molecule has 16 heavy (non-hydrogen) atoms. The van der Waals surface area contributed by atoms with Crippen LogP contribution in [-0.4, -0.2) is 12.4 Å². The first kappa shape index (κ1) is 10.1. The maximum absolute atomic E-state index is 5.90. The van der Waals surface area contributed by atoms with Crippen LogP contribution >= 0.6 is 11.3 Å². The van der Waals surface area contributed by atoms with Crippen LogP contribution in [0.2, 0.25) is 0 Å². The summed E-state index contributed by atoms with van der Waals surface area (Å²) in [5.74, 6) is 0.450. The highest BCUT2D eigenvalue weighted by Crippen LogP contribution is 2.35. The minimum Gasteiger partial charge on any atom is -0.459 e. The lowest BCUT2D eigenvalue weighted by Gasteiger charge is -2.31. The molecule has 2 aliphatic rings. The van der Waals surface area contributed by atoms with E-state index < -0.39 is 5.79 Å². The van der Waals surface area contributed by atoms with Crippen LogP contribution in [0.25, 0.3) is 6.08 Å². The van der Waals surface area contributed by atoms with E-state index in [0.717, 1.165) is 25.2 Å². The van der Waals surface area contributed by atoms with Crippen LogP contribution in [0.5, 0.6) is 0 Å². The monoisotopic (exact) mass is 234 g/mol. The molecular formula is C13H14O2S.